The van der Waals surface area contributed by atoms with Gasteiger partial charge in [0.05, 0.1) is 12.2 Å². The van der Waals surface area contributed by atoms with Crippen molar-refractivity contribution >= 4 is 17.9 Å². The Morgan fingerprint density at radius 3 is 2.35 bits per heavy atom. The lowest BCUT2D eigenvalue weighted by Gasteiger charge is -2.08. The smallest absolute Gasteiger partial charge is 0.244 e. The first-order chi connectivity index (χ1) is 15.0. The number of hydrogen-bond donors (Lipinski definition) is 2. The van der Waals surface area contributed by atoms with Gasteiger partial charge in [0.25, 0.3) is 0 Å². The van der Waals surface area contributed by atoms with Gasteiger partial charge in [-0.1, -0.05) is 60.7 Å². The molecule has 0 aliphatic carbocycles. The van der Waals surface area contributed by atoms with Crippen molar-refractivity contribution in [2.75, 3.05) is 6.54 Å². The Morgan fingerprint density at radius 2 is 1.65 bits per heavy atom. The molecule has 0 fully saturated rings. The highest BCUT2D eigenvalue weighted by Gasteiger charge is 2.13. The summed E-state index contributed by atoms with van der Waals surface area (Å²) >= 11 is 0. The molecular weight excluding hydrogens is 388 g/mol. The van der Waals surface area contributed by atoms with Crippen LogP contribution in [0.1, 0.15) is 34.5 Å². The molecule has 6 heteroatoms. The van der Waals surface area contributed by atoms with Crippen LogP contribution in [0.3, 0.4) is 0 Å². The number of aryl methyl sites for hydroxylation is 1. The van der Waals surface area contributed by atoms with Crippen molar-refractivity contribution in [3.63, 3.8) is 0 Å². The van der Waals surface area contributed by atoms with Crippen molar-refractivity contribution in [2.45, 2.75) is 33.4 Å². The van der Waals surface area contributed by atoms with Crippen LogP contribution in [0.2, 0.25) is 0 Å². The van der Waals surface area contributed by atoms with E-state index in [0.717, 1.165) is 22.5 Å². The molecule has 3 aromatic rings. The summed E-state index contributed by atoms with van der Waals surface area (Å²) < 4.78 is 1.96. The van der Waals surface area contributed by atoms with Gasteiger partial charge in [0.2, 0.25) is 11.8 Å². The van der Waals surface area contributed by atoms with E-state index in [2.05, 4.69) is 27.9 Å². The van der Waals surface area contributed by atoms with Gasteiger partial charge < -0.3 is 10.6 Å². The van der Waals surface area contributed by atoms with Gasteiger partial charge in [-0.05, 0) is 31.1 Å². The fourth-order valence-electron chi connectivity index (χ4n) is 3.27. The first-order valence-electron chi connectivity index (χ1n) is 10.4. The van der Waals surface area contributed by atoms with Gasteiger partial charge in [-0.2, -0.15) is 5.10 Å². The quantitative estimate of drug-likeness (QED) is 0.525. The minimum atomic E-state index is -0.217. The second kappa shape index (κ2) is 10.9. The maximum Gasteiger partial charge on any atom is 0.244 e. The molecule has 0 atom stereocenters. The molecule has 160 valence electrons. The summed E-state index contributed by atoms with van der Waals surface area (Å²) in [6, 6.07) is 19.8. The molecule has 6 nitrogen and oxygen atoms in total. The van der Waals surface area contributed by atoms with Gasteiger partial charge in [0.15, 0.2) is 0 Å². The summed E-state index contributed by atoms with van der Waals surface area (Å²) in [5, 5.41) is 10.3. The fourth-order valence-corrected chi connectivity index (χ4v) is 3.27. The van der Waals surface area contributed by atoms with Crippen LogP contribution in [0.15, 0.2) is 66.7 Å². The van der Waals surface area contributed by atoms with Crippen LogP contribution in [0, 0.1) is 13.8 Å². The number of rotatable bonds is 9. The predicted molar refractivity (Wildman–Crippen MR) is 122 cm³/mol. The third-order valence-electron chi connectivity index (χ3n) is 5.05. The van der Waals surface area contributed by atoms with E-state index in [0.29, 0.717) is 13.1 Å². The molecule has 0 saturated carbocycles. The maximum absolute atomic E-state index is 12.2. The number of carbonyl (C=O) groups excluding carboxylic acids is 2. The fraction of sp³-hybridized carbons (Fsp3) is 0.240. The van der Waals surface area contributed by atoms with Gasteiger partial charge in [0, 0.05) is 36.8 Å². The summed E-state index contributed by atoms with van der Waals surface area (Å²) in [7, 11) is 0. The lowest BCUT2D eigenvalue weighted by Crippen LogP contribution is -2.29. The highest BCUT2D eigenvalue weighted by atomic mass is 16.2. The zero-order valence-electron chi connectivity index (χ0n) is 18.0. The highest BCUT2D eigenvalue weighted by molar-refractivity contribution is 5.92. The number of benzene rings is 2. The second-order valence-electron chi connectivity index (χ2n) is 7.35. The van der Waals surface area contributed by atoms with Crippen LogP contribution in [0.4, 0.5) is 0 Å². The van der Waals surface area contributed by atoms with E-state index >= 15 is 0 Å². The van der Waals surface area contributed by atoms with E-state index in [-0.39, 0.29) is 24.8 Å². The monoisotopic (exact) mass is 416 g/mol. The van der Waals surface area contributed by atoms with E-state index in [9.17, 15) is 9.59 Å². The van der Waals surface area contributed by atoms with Crippen molar-refractivity contribution in [3.05, 3.63) is 94.8 Å². The third-order valence-corrected chi connectivity index (χ3v) is 5.05. The average Bonchev–Trinajstić information content (AvgIpc) is 3.04. The highest BCUT2D eigenvalue weighted by Crippen LogP contribution is 2.14. The number of nitrogens with one attached hydrogen (secondary N) is 2. The van der Waals surface area contributed by atoms with Crippen LogP contribution in [-0.4, -0.2) is 28.1 Å². The maximum atomic E-state index is 12.2. The Balaban J connectivity index is 1.43. The Kier molecular flexibility index (Phi) is 7.76. The van der Waals surface area contributed by atoms with Gasteiger partial charge in [-0.15, -0.1) is 0 Å². The topological polar surface area (TPSA) is 76.0 Å². The summed E-state index contributed by atoms with van der Waals surface area (Å²) in [6.07, 6.45) is 3.44. The van der Waals surface area contributed by atoms with Gasteiger partial charge >= 0.3 is 0 Å². The van der Waals surface area contributed by atoms with Crippen molar-refractivity contribution in [2.24, 2.45) is 0 Å². The molecule has 1 heterocycles. The minimum absolute atomic E-state index is 0.109. The van der Waals surface area contributed by atoms with Crippen molar-refractivity contribution in [1.29, 1.82) is 0 Å². The Morgan fingerprint density at radius 1 is 0.968 bits per heavy atom. The zero-order chi connectivity index (χ0) is 22.1. The molecule has 31 heavy (non-hydrogen) atoms. The molecule has 1 aromatic heterocycles. The predicted octanol–water partition coefficient (Wildman–Crippen LogP) is 3.38. The minimum Gasteiger partial charge on any atom is -0.352 e. The standard InChI is InChI=1S/C25H28N4O2/c1-19-23(20(2)29(28-19)18-22-11-7-4-8-12-22)17-27-25(31)15-16-26-24(30)14-13-21-9-5-3-6-10-21/h3-14H,15-18H2,1-2H3,(H,26,30)(H,27,31)/b14-13+. The van der Waals surface area contributed by atoms with Crippen molar-refractivity contribution in [1.82, 2.24) is 20.4 Å². The first kappa shape index (κ1) is 22.0. The van der Waals surface area contributed by atoms with Gasteiger partial charge in [0.1, 0.15) is 0 Å². The largest absolute Gasteiger partial charge is 0.352 e. The van der Waals surface area contributed by atoms with E-state index in [1.807, 2.05) is 67.1 Å². The zero-order valence-corrected chi connectivity index (χ0v) is 18.0. The molecule has 0 aliphatic heterocycles. The molecule has 0 unspecified atom stereocenters. The van der Waals surface area contributed by atoms with Crippen LogP contribution >= 0.6 is 0 Å². The van der Waals surface area contributed by atoms with Gasteiger partial charge in [-0.3, -0.25) is 14.3 Å². The van der Waals surface area contributed by atoms with E-state index in [1.54, 1.807) is 6.08 Å². The Hall–Kier alpha value is -3.67. The number of aromatic nitrogens is 2. The molecule has 0 saturated heterocycles. The van der Waals surface area contributed by atoms with E-state index < -0.39 is 0 Å². The van der Waals surface area contributed by atoms with Crippen LogP contribution in [0.25, 0.3) is 6.08 Å². The van der Waals surface area contributed by atoms with Crippen LogP contribution in [0.5, 0.6) is 0 Å². The number of amides is 2. The van der Waals surface area contributed by atoms with Crippen LogP contribution < -0.4 is 10.6 Å². The molecule has 3 rings (SSSR count). The SMILES string of the molecule is Cc1nn(Cc2ccccc2)c(C)c1CNC(=O)CCNC(=O)/C=C/c1ccccc1. The van der Waals surface area contributed by atoms with Crippen molar-refractivity contribution < 1.29 is 9.59 Å². The molecule has 0 bridgehead atoms. The normalized spacial score (nSPS) is 10.9. The van der Waals surface area contributed by atoms with Crippen molar-refractivity contribution in [3.8, 4) is 0 Å². The lowest BCUT2D eigenvalue weighted by molar-refractivity contribution is -0.121. The number of hydrogen-bond acceptors (Lipinski definition) is 3. The third kappa shape index (κ3) is 6.67. The number of nitrogens with zero attached hydrogens (tertiary/aromatic N) is 2. The molecule has 2 N–H and O–H groups in total. The molecule has 0 spiro atoms. The summed E-state index contributed by atoms with van der Waals surface area (Å²) in [6.45, 7) is 5.38. The average molecular weight is 417 g/mol. The summed E-state index contributed by atoms with van der Waals surface area (Å²) in [4.78, 5) is 24.1. The Labute approximate surface area is 183 Å². The van der Waals surface area contributed by atoms with E-state index in [1.165, 1.54) is 11.6 Å². The molecule has 0 radical (unpaired) electrons. The summed E-state index contributed by atoms with van der Waals surface area (Å²) in [5.74, 6) is -0.326. The van der Waals surface area contributed by atoms with Gasteiger partial charge in [-0.25, -0.2) is 0 Å². The summed E-state index contributed by atoms with van der Waals surface area (Å²) in [5.41, 5.74) is 5.11. The second-order valence-corrected chi connectivity index (χ2v) is 7.35. The van der Waals surface area contributed by atoms with Crippen LogP contribution in [-0.2, 0) is 22.7 Å². The van der Waals surface area contributed by atoms with E-state index in [4.69, 9.17) is 0 Å². The number of carbonyl (C=O) groups is 2. The lowest BCUT2D eigenvalue weighted by atomic mass is 10.2. The molecule has 0 aliphatic rings. The molecule has 2 amide bonds. The Bertz CT molecular complexity index is 1040. The first-order valence-corrected chi connectivity index (χ1v) is 10.4. The molecular formula is C25H28N4O2. The molecule has 2 aromatic carbocycles.